The van der Waals surface area contributed by atoms with Gasteiger partial charge in [0, 0.05) is 12.1 Å². The summed E-state index contributed by atoms with van der Waals surface area (Å²) in [7, 11) is 1.63. The molecule has 2 aromatic carbocycles. The Morgan fingerprint density at radius 1 is 1.29 bits per heavy atom. The predicted molar refractivity (Wildman–Crippen MR) is 104 cm³/mol. The molecule has 1 amide bonds. The standard InChI is InChI=1S/C18H21BrN2O2.ClH/c1-12(14-7-9-17(23-2)15(19)11-14)21-18(22)10-8-13-5-3-4-6-16(13)20;/h3-7,9,11-12H,8,10,20H2,1-2H3,(H,21,22);1H. The van der Waals surface area contributed by atoms with Crippen LogP contribution in [0.2, 0.25) is 0 Å². The normalized spacial score (nSPS) is 11.3. The van der Waals surface area contributed by atoms with E-state index < -0.39 is 0 Å². The number of nitrogens with one attached hydrogen (secondary N) is 1. The molecule has 0 aromatic heterocycles. The molecule has 0 radical (unpaired) electrons. The number of carbonyl (C=O) groups is 1. The summed E-state index contributed by atoms with van der Waals surface area (Å²) in [5.41, 5.74) is 8.64. The number of methoxy groups -OCH3 is 1. The quantitative estimate of drug-likeness (QED) is 0.695. The largest absolute Gasteiger partial charge is 0.496 e. The average molecular weight is 414 g/mol. The molecular weight excluding hydrogens is 392 g/mol. The number of halogens is 2. The monoisotopic (exact) mass is 412 g/mol. The van der Waals surface area contributed by atoms with E-state index >= 15 is 0 Å². The van der Waals surface area contributed by atoms with E-state index in [2.05, 4.69) is 21.2 Å². The Morgan fingerprint density at radius 2 is 2.00 bits per heavy atom. The first kappa shape index (κ1) is 20.3. The first-order valence-corrected chi connectivity index (χ1v) is 8.26. The molecule has 0 heterocycles. The van der Waals surface area contributed by atoms with E-state index in [9.17, 15) is 4.79 Å². The maximum Gasteiger partial charge on any atom is 0.220 e. The molecule has 0 saturated carbocycles. The van der Waals surface area contributed by atoms with E-state index in [1.54, 1.807) is 7.11 Å². The van der Waals surface area contributed by atoms with Gasteiger partial charge >= 0.3 is 0 Å². The zero-order chi connectivity index (χ0) is 16.8. The Balaban J connectivity index is 0.00000288. The minimum Gasteiger partial charge on any atom is -0.496 e. The second kappa shape index (κ2) is 9.55. The lowest BCUT2D eigenvalue weighted by Gasteiger charge is -2.16. The van der Waals surface area contributed by atoms with Crippen molar-refractivity contribution >= 4 is 39.9 Å². The van der Waals surface area contributed by atoms with Crippen molar-refractivity contribution in [1.82, 2.24) is 5.32 Å². The number of amides is 1. The Labute approximate surface area is 157 Å². The molecule has 0 aliphatic heterocycles. The third-order valence-electron chi connectivity index (χ3n) is 3.73. The van der Waals surface area contributed by atoms with E-state index in [1.165, 1.54) is 0 Å². The molecule has 6 heteroatoms. The number of anilines is 1. The second-order valence-corrected chi connectivity index (χ2v) is 6.24. The van der Waals surface area contributed by atoms with E-state index in [0.29, 0.717) is 12.8 Å². The average Bonchev–Trinajstić information content (AvgIpc) is 2.54. The molecule has 130 valence electrons. The van der Waals surface area contributed by atoms with Crippen LogP contribution in [0.25, 0.3) is 0 Å². The number of ether oxygens (including phenoxy) is 1. The molecule has 3 N–H and O–H groups in total. The summed E-state index contributed by atoms with van der Waals surface area (Å²) in [6, 6.07) is 13.3. The van der Waals surface area contributed by atoms with Gasteiger partial charge < -0.3 is 15.8 Å². The van der Waals surface area contributed by atoms with Crippen molar-refractivity contribution in [3.63, 3.8) is 0 Å². The van der Waals surface area contributed by atoms with Crippen LogP contribution in [0, 0.1) is 0 Å². The molecule has 0 saturated heterocycles. The molecule has 2 aromatic rings. The molecule has 0 bridgehead atoms. The number of hydrogen-bond acceptors (Lipinski definition) is 3. The van der Waals surface area contributed by atoms with Gasteiger partial charge in [-0.25, -0.2) is 0 Å². The van der Waals surface area contributed by atoms with Crippen LogP contribution in [0.1, 0.15) is 30.5 Å². The zero-order valence-corrected chi connectivity index (χ0v) is 16.1. The second-order valence-electron chi connectivity index (χ2n) is 5.38. The van der Waals surface area contributed by atoms with Gasteiger partial charge in [-0.15, -0.1) is 12.4 Å². The number of hydrogen-bond donors (Lipinski definition) is 2. The number of nitrogen functional groups attached to an aromatic ring is 1. The Kier molecular flexibility index (Phi) is 8.08. The Morgan fingerprint density at radius 3 is 2.62 bits per heavy atom. The van der Waals surface area contributed by atoms with Gasteiger partial charge in [0.1, 0.15) is 5.75 Å². The van der Waals surface area contributed by atoms with Crippen LogP contribution >= 0.6 is 28.3 Å². The Hall–Kier alpha value is -1.72. The van der Waals surface area contributed by atoms with Crippen molar-refractivity contribution in [1.29, 1.82) is 0 Å². The number of rotatable bonds is 6. The molecule has 2 rings (SSSR count). The lowest BCUT2D eigenvalue weighted by molar-refractivity contribution is -0.121. The third kappa shape index (κ3) is 5.42. The fourth-order valence-electron chi connectivity index (χ4n) is 2.36. The maximum atomic E-state index is 12.1. The lowest BCUT2D eigenvalue weighted by Crippen LogP contribution is -2.26. The summed E-state index contributed by atoms with van der Waals surface area (Å²) in [4.78, 5) is 12.1. The minimum absolute atomic E-state index is 0. The fourth-order valence-corrected chi connectivity index (χ4v) is 2.92. The number of nitrogens with two attached hydrogens (primary N) is 1. The van der Waals surface area contributed by atoms with Crippen LogP contribution in [0.4, 0.5) is 5.69 Å². The van der Waals surface area contributed by atoms with Crippen molar-refractivity contribution in [2.45, 2.75) is 25.8 Å². The molecule has 0 fully saturated rings. The van der Waals surface area contributed by atoms with E-state index in [0.717, 1.165) is 27.0 Å². The van der Waals surface area contributed by atoms with Gasteiger partial charge in [-0.3, -0.25) is 4.79 Å². The number of para-hydroxylation sites is 1. The van der Waals surface area contributed by atoms with Crippen LogP contribution in [-0.4, -0.2) is 13.0 Å². The summed E-state index contributed by atoms with van der Waals surface area (Å²) < 4.78 is 6.08. The summed E-state index contributed by atoms with van der Waals surface area (Å²) in [5, 5.41) is 3.01. The minimum atomic E-state index is -0.0715. The van der Waals surface area contributed by atoms with Crippen LogP contribution in [0.5, 0.6) is 5.75 Å². The molecule has 1 atom stereocenters. The maximum absolute atomic E-state index is 12.1. The van der Waals surface area contributed by atoms with Crippen LogP contribution < -0.4 is 15.8 Å². The van der Waals surface area contributed by atoms with Crippen LogP contribution in [-0.2, 0) is 11.2 Å². The van der Waals surface area contributed by atoms with Crippen molar-refractivity contribution < 1.29 is 9.53 Å². The first-order chi connectivity index (χ1) is 11.0. The van der Waals surface area contributed by atoms with Gasteiger partial charge in [0.2, 0.25) is 5.91 Å². The van der Waals surface area contributed by atoms with Crippen LogP contribution in [0.15, 0.2) is 46.9 Å². The van der Waals surface area contributed by atoms with Gasteiger partial charge in [-0.05, 0) is 58.6 Å². The number of carbonyl (C=O) groups excluding carboxylic acids is 1. The summed E-state index contributed by atoms with van der Waals surface area (Å²) in [5.74, 6) is 0.777. The first-order valence-electron chi connectivity index (χ1n) is 7.47. The number of aryl methyl sites for hydroxylation is 1. The molecule has 1 unspecified atom stereocenters. The number of benzene rings is 2. The lowest BCUT2D eigenvalue weighted by atomic mass is 10.1. The fraction of sp³-hybridized carbons (Fsp3) is 0.278. The molecule has 4 nitrogen and oxygen atoms in total. The Bertz CT molecular complexity index is 694. The van der Waals surface area contributed by atoms with E-state index in [4.69, 9.17) is 10.5 Å². The van der Waals surface area contributed by atoms with Crippen molar-refractivity contribution in [2.24, 2.45) is 0 Å². The molecule has 24 heavy (non-hydrogen) atoms. The third-order valence-corrected chi connectivity index (χ3v) is 4.35. The molecule has 0 aliphatic rings. The zero-order valence-electron chi connectivity index (χ0n) is 13.7. The SMILES string of the molecule is COc1ccc(C(C)NC(=O)CCc2ccccc2N)cc1Br.Cl. The van der Waals surface area contributed by atoms with Gasteiger partial charge in [0.25, 0.3) is 0 Å². The van der Waals surface area contributed by atoms with Gasteiger partial charge in [-0.1, -0.05) is 24.3 Å². The van der Waals surface area contributed by atoms with Crippen molar-refractivity contribution in [3.8, 4) is 5.75 Å². The highest BCUT2D eigenvalue weighted by molar-refractivity contribution is 9.10. The highest BCUT2D eigenvalue weighted by Crippen LogP contribution is 2.28. The van der Waals surface area contributed by atoms with Gasteiger partial charge in [0.05, 0.1) is 17.6 Å². The van der Waals surface area contributed by atoms with E-state index in [1.807, 2.05) is 49.4 Å². The highest BCUT2D eigenvalue weighted by atomic mass is 79.9. The smallest absolute Gasteiger partial charge is 0.220 e. The van der Waals surface area contributed by atoms with Gasteiger partial charge in [-0.2, -0.15) is 0 Å². The summed E-state index contributed by atoms with van der Waals surface area (Å²) in [6.07, 6.45) is 1.05. The predicted octanol–water partition coefficient (Wildman–Crippen LogP) is 4.27. The van der Waals surface area contributed by atoms with Crippen LogP contribution in [0.3, 0.4) is 0 Å². The summed E-state index contributed by atoms with van der Waals surface area (Å²) >= 11 is 3.46. The van der Waals surface area contributed by atoms with Crippen molar-refractivity contribution in [3.05, 3.63) is 58.1 Å². The molecule has 0 aliphatic carbocycles. The van der Waals surface area contributed by atoms with Gasteiger partial charge in [0.15, 0.2) is 0 Å². The van der Waals surface area contributed by atoms with E-state index in [-0.39, 0.29) is 24.4 Å². The molecule has 0 spiro atoms. The topological polar surface area (TPSA) is 64.3 Å². The summed E-state index contributed by atoms with van der Waals surface area (Å²) in [6.45, 7) is 1.96. The molecular formula is C18H22BrClN2O2. The van der Waals surface area contributed by atoms with Crippen molar-refractivity contribution in [2.75, 3.05) is 12.8 Å². The highest BCUT2D eigenvalue weighted by Gasteiger charge is 2.12.